The fourth-order valence-electron chi connectivity index (χ4n) is 3.32. The summed E-state index contributed by atoms with van der Waals surface area (Å²) < 4.78 is 38.6. The first kappa shape index (κ1) is 21.5. The van der Waals surface area contributed by atoms with Crippen molar-refractivity contribution in [2.24, 2.45) is 10.9 Å². The van der Waals surface area contributed by atoms with Crippen molar-refractivity contribution in [3.05, 3.63) is 35.4 Å². The second-order valence-electron chi connectivity index (χ2n) is 7.44. The van der Waals surface area contributed by atoms with Crippen LogP contribution in [0.15, 0.2) is 29.3 Å². The van der Waals surface area contributed by atoms with Crippen LogP contribution in [0.1, 0.15) is 43.2 Å². The minimum absolute atomic E-state index is 0.0341. The number of aliphatic imine (C=N–C) groups is 1. The minimum atomic E-state index is -4.30. The molecule has 1 saturated heterocycles. The molecule has 0 radical (unpaired) electrons. The zero-order chi connectivity index (χ0) is 19.9. The Morgan fingerprint density at radius 3 is 2.59 bits per heavy atom. The quantitative estimate of drug-likeness (QED) is 0.580. The van der Waals surface area contributed by atoms with Gasteiger partial charge in [0.25, 0.3) is 0 Å². The lowest BCUT2D eigenvalue weighted by Gasteiger charge is -2.29. The van der Waals surface area contributed by atoms with Gasteiger partial charge in [-0.25, -0.2) is 0 Å². The Balaban J connectivity index is 1.75. The van der Waals surface area contributed by atoms with Crippen LogP contribution in [0.3, 0.4) is 0 Å². The van der Waals surface area contributed by atoms with Crippen LogP contribution in [0.5, 0.6) is 0 Å². The summed E-state index contributed by atoms with van der Waals surface area (Å²) in [4.78, 5) is 6.58. The number of rotatable bonds is 6. The Kier molecular flexibility index (Phi) is 7.95. The molecule has 0 saturated carbocycles. The van der Waals surface area contributed by atoms with Crippen molar-refractivity contribution in [3.63, 3.8) is 0 Å². The minimum Gasteiger partial charge on any atom is -0.356 e. The highest BCUT2D eigenvalue weighted by atomic mass is 19.4. The van der Waals surface area contributed by atoms with Gasteiger partial charge in [-0.1, -0.05) is 25.1 Å². The van der Waals surface area contributed by atoms with Crippen molar-refractivity contribution in [3.8, 4) is 0 Å². The first-order chi connectivity index (χ1) is 12.8. The summed E-state index contributed by atoms with van der Waals surface area (Å²) in [5, 5.41) is 6.64. The average molecular weight is 384 g/mol. The largest absolute Gasteiger partial charge is 0.416 e. The molecule has 4 nitrogen and oxygen atoms in total. The van der Waals surface area contributed by atoms with Crippen molar-refractivity contribution in [1.82, 2.24) is 15.5 Å². The van der Waals surface area contributed by atoms with Crippen LogP contribution in [-0.4, -0.2) is 51.1 Å². The van der Waals surface area contributed by atoms with Crippen molar-refractivity contribution >= 4 is 5.96 Å². The molecule has 1 heterocycles. The molecular weight excluding hydrogens is 353 g/mol. The summed E-state index contributed by atoms with van der Waals surface area (Å²) in [7, 11) is 3.88. The molecule has 7 heteroatoms. The van der Waals surface area contributed by atoms with Gasteiger partial charge in [0.15, 0.2) is 5.96 Å². The molecule has 2 rings (SSSR count). The summed E-state index contributed by atoms with van der Waals surface area (Å²) in [5.41, 5.74) is 0.122. The van der Waals surface area contributed by atoms with Crippen LogP contribution < -0.4 is 10.6 Å². The van der Waals surface area contributed by atoms with Gasteiger partial charge in [-0.2, -0.15) is 13.2 Å². The maximum absolute atomic E-state index is 12.9. The van der Waals surface area contributed by atoms with Gasteiger partial charge >= 0.3 is 6.18 Å². The lowest BCUT2D eigenvalue weighted by atomic mass is 9.96. The van der Waals surface area contributed by atoms with E-state index in [9.17, 15) is 13.2 Å². The Bertz CT molecular complexity index is 607. The fourth-order valence-corrected chi connectivity index (χ4v) is 3.32. The molecule has 27 heavy (non-hydrogen) atoms. The average Bonchev–Trinajstić information content (AvgIpc) is 2.65. The van der Waals surface area contributed by atoms with E-state index >= 15 is 0 Å². The number of hydrogen-bond donors (Lipinski definition) is 2. The predicted octanol–water partition coefficient (Wildman–Crippen LogP) is 3.71. The molecule has 0 bridgehead atoms. The summed E-state index contributed by atoms with van der Waals surface area (Å²) in [5.74, 6) is 1.45. The number of hydrogen-bond acceptors (Lipinski definition) is 2. The van der Waals surface area contributed by atoms with Crippen molar-refractivity contribution in [2.75, 3.05) is 40.3 Å². The normalized spacial score (nSPS) is 18.4. The highest BCUT2D eigenvalue weighted by Gasteiger charge is 2.30. The molecule has 1 aromatic carbocycles. The first-order valence-corrected chi connectivity index (χ1v) is 9.59. The SMILES string of the molecule is CN=C(NCCC(C)c1cccc(C(F)(F)F)c1)NCC1CCN(C)CC1. The molecule has 1 aliphatic rings. The van der Waals surface area contributed by atoms with Gasteiger partial charge in [-0.3, -0.25) is 4.99 Å². The van der Waals surface area contributed by atoms with Gasteiger partial charge in [0, 0.05) is 20.1 Å². The number of nitrogens with zero attached hydrogens (tertiary/aromatic N) is 2. The Labute approximate surface area is 160 Å². The van der Waals surface area contributed by atoms with Crippen LogP contribution in [0.25, 0.3) is 0 Å². The van der Waals surface area contributed by atoms with Gasteiger partial charge in [-0.15, -0.1) is 0 Å². The van der Waals surface area contributed by atoms with E-state index in [2.05, 4.69) is 27.6 Å². The summed E-state index contributed by atoms with van der Waals surface area (Å²) in [6.07, 6.45) is -1.19. The number of nitrogens with one attached hydrogen (secondary N) is 2. The maximum atomic E-state index is 12.9. The van der Waals surface area contributed by atoms with E-state index in [-0.39, 0.29) is 5.92 Å². The van der Waals surface area contributed by atoms with Crippen molar-refractivity contribution < 1.29 is 13.2 Å². The number of benzene rings is 1. The zero-order valence-corrected chi connectivity index (χ0v) is 16.4. The smallest absolute Gasteiger partial charge is 0.356 e. The van der Waals surface area contributed by atoms with Gasteiger partial charge in [0.2, 0.25) is 0 Å². The van der Waals surface area contributed by atoms with Crippen LogP contribution in [0.2, 0.25) is 0 Å². The highest BCUT2D eigenvalue weighted by molar-refractivity contribution is 5.79. The second-order valence-corrected chi connectivity index (χ2v) is 7.44. The van der Waals surface area contributed by atoms with Crippen LogP contribution >= 0.6 is 0 Å². The molecular formula is C20H31F3N4. The third kappa shape index (κ3) is 7.05. The van der Waals surface area contributed by atoms with Crippen LogP contribution in [0.4, 0.5) is 13.2 Å². The van der Waals surface area contributed by atoms with E-state index in [1.165, 1.54) is 25.0 Å². The summed E-state index contributed by atoms with van der Waals surface area (Å²) in [6, 6.07) is 5.60. The molecule has 1 aromatic rings. The van der Waals surface area contributed by atoms with Gasteiger partial charge < -0.3 is 15.5 Å². The van der Waals surface area contributed by atoms with E-state index in [4.69, 9.17) is 0 Å². The van der Waals surface area contributed by atoms with Gasteiger partial charge in [0.1, 0.15) is 0 Å². The summed E-state index contributed by atoms with van der Waals surface area (Å²) >= 11 is 0. The molecule has 0 amide bonds. The Morgan fingerprint density at radius 2 is 1.96 bits per heavy atom. The van der Waals surface area contributed by atoms with E-state index in [1.807, 2.05) is 6.92 Å². The number of alkyl halides is 3. The topological polar surface area (TPSA) is 39.7 Å². The predicted molar refractivity (Wildman–Crippen MR) is 104 cm³/mol. The third-order valence-corrected chi connectivity index (χ3v) is 5.27. The molecule has 1 fully saturated rings. The van der Waals surface area contributed by atoms with E-state index in [1.54, 1.807) is 13.1 Å². The summed E-state index contributed by atoms with van der Waals surface area (Å²) in [6.45, 7) is 5.77. The van der Waals surface area contributed by atoms with Crippen LogP contribution in [0, 0.1) is 5.92 Å². The third-order valence-electron chi connectivity index (χ3n) is 5.27. The zero-order valence-electron chi connectivity index (χ0n) is 16.4. The molecule has 0 aromatic heterocycles. The van der Waals surface area contributed by atoms with Crippen molar-refractivity contribution in [1.29, 1.82) is 0 Å². The monoisotopic (exact) mass is 384 g/mol. The molecule has 0 spiro atoms. The standard InChI is InChI=1S/C20H31F3N4/c1-15(17-5-4-6-18(13-17)20(21,22)23)7-10-25-19(24-2)26-14-16-8-11-27(3)12-9-16/h4-6,13,15-16H,7-12,14H2,1-3H3,(H2,24,25,26). The Hall–Kier alpha value is -1.76. The van der Waals surface area contributed by atoms with E-state index in [0.29, 0.717) is 18.0 Å². The number of halogens is 3. The van der Waals surface area contributed by atoms with E-state index in [0.717, 1.165) is 38.1 Å². The molecule has 0 aliphatic carbocycles. The molecule has 2 N–H and O–H groups in total. The van der Waals surface area contributed by atoms with Crippen LogP contribution in [-0.2, 0) is 6.18 Å². The maximum Gasteiger partial charge on any atom is 0.416 e. The first-order valence-electron chi connectivity index (χ1n) is 9.59. The van der Waals surface area contributed by atoms with E-state index < -0.39 is 11.7 Å². The molecule has 1 atom stereocenters. The highest BCUT2D eigenvalue weighted by Crippen LogP contribution is 2.31. The van der Waals surface area contributed by atoms with Gasteiger partial charge in [-0.05, 0) is 62.9 Å². The lowest BCUT2D eigenvalue weighted by Crippen LogP contribution is -2.42. The Morgan fingerprint density at radius 1 is 1.26 bits per heavy atom. The fraction of sp³-hybridized carbons (Fsp3) is 0.650. The van der Waals surface area contributed by atoms with Gasteiger partial charge in [0.05, 0.1) is 5.56 Å². The lowest BCUT2D eigenvalue weighted by molar-refractivity contribution is -0.137. The molecule has 1 aliphatic heterocycles. The number of likely N-dealkylation sites (tertiary alicyclic amines) is 1. The molecule has 152 valence electrons. The van der Waals surface area contributed by atoms with Crippen molar-refractivity contribution in [2.45, 2.75) is 38.3 Å². The molecule has 1 unspecified atom stereocenters. The number of guanidine groups is 1. The number of piperidine rings is 1. The second kappa shape index (κ2) is 9.97.